The van der Waals surface area contributed by atoms with Crippen molar-refractivity contribution in [2.24, 2.45) is 13.0 Å². The second-order valence-corrected chi connectivity index (χ2v) is 6.62. The van der Waals surface area contributed by atoms with Crippen molar-refractivity contribution in [1.29, 1.82) is 0 Å². The van der Waals surface area contributed by atoms with Crippen molar-refractivity contribution < 1.29 is 13.9 Å². The fraction of sp³-hybridized carbons (Fsp3) is 0.474. The SMILES string of the molecule is CC(C)C(NC(=O)N(C)CCCOc1ccccc1F)c1nccn1C. The number of carbonyl (C=O) groups is 1. The van der Waals surface area contributed by atoms with Gasteiger partial charge < -0.3 is 19.5 Å². The van der Waals surface area contributed by atoms with Crippen molar-refractivity contribution in [1.82, 2.24) is 19.8 Å². The molecular weight excluding hydrogens is 335 g/mol. The molecule has 6 nitrogen and oxygen atoms in total. The number of nitrogens with zero attached hydrogens (tertiary/aromatic N) is 3. The number of amides is 2. The van der Waals surface area contributed by atoms with Crippen LogP contribution >= 0.6 is 0 Å². The highest BCUT2D eigenvalue weighted by molar-refractivity contribution is 5.74. The molecule has 7 heteroatoms. The van der Waals surface area contributed by atoms with Crippen LogP contribution in [0.5, 0.6) is 5.75 Å². The van der Waals surface area contributed by atoms with E-state index in [9.17, 15) is 9.18 Å². The lowest BCUT2D eigenvalue weighted by atomic mass is 10.0. The van der Waals surface area contributed by atoms with E-state index in [1.807, 2.05) is 31.7 Å². The normalized spacial score (nSPS) is 12.1. The minimum Gasteiger partial charge on any atom is -0.490 e. The second-order valence-electron chi connectivity index (χ2n) is 6.62. The Morgan fingerprint density at radius 2 is 2.12 bits per heavy atom. The summed E-state index contributed by atoms with van der Waals surface area (Å²) in [5, 5.41) is 3.03. The summed E-state index contributed by atoms with van der Waals surface area (Å²) in [5.41, 5.74) is 0. The van der Waals surface area contributed by atoms with E-state index in [4.69, 9.17) is 4.74 Å². The molecule has 0 saturated carbocycles. The number of rotatable bonds is 8. The molecule has 0 aliphatic carbocycles. The van der Waals surface area contributed by atoms with Crippen LogP contribution in [0.3, 0.4) is 0 Å². The van der Waals surface area contributed by atoms with Crippen LogP contribution in [-0.2, 0) is 7.05 Å². The number of para-hydroxylation sites is 1. The van der Waals surface area contributed by atoms with Gasteiger partial charge in [-0.05, 0) is 24.5 Å². The molecule has 0 fully saturated rings. The largest absolute Gasteiger partial charge is 0.490 e. The molecule has 1 aromatic carbocycles. The van der Waals surface area contributed by atoms with E-state index in [0.29, 0.717) is 19.6 Å². The predicted octanol–water partition coefficient (Wildman–Crippen LogP) is 3.37. The number of ether oxygens (including phenoxy) is 1. The van der Waals surface area contributed by atoms with Crippen molar-refractivity contribution in [3.63, 3.8) is 0 Å². The summed E-state index contributed by atoms with van der Waals surface area (Å²) in [6.45, 7) is 4.93. The molecule has 0 aliphatic rings. The molecule has 2 amide bonds. The molecule has 142 valence electrons. The van der Waals surface area contributed by atoms with Gasteiger partial charge in [-0.15, -0.1) is 0 Å². The van der Waals surface area contributed by atoms with Crippen LogP contribution in [0.4, 0.5) is 9.18 Å². The van der Waals surface area contributed by atoms with Crippen LogP contribution in [0.25, 0.3) is 0 Å². The van der Waals surface area contributed by atoms with Crippen LogP contribution < -0.4 is 10.1 Å². The van der Waals surface area contributed by atoms with Gasteiger partial charge in [0.25, 0.3) is 0 Å². The van der Waals surface area contributed by atoms with Gasteiger partial charge in [0.15, 0.2) is 11.6 Å². The Labute approximate surface area is 154 Å². The van der Waals surface area contributed by atoms with Crippen LogP contribution in [-0.4, -0.2) is 40.7 Å². The lowest BCUT2D eigenvalue weighted by molar-refractivity contribution is 0.194. The van der Waals surface area contributed by atoms with Crippen molar-refractivity contribution in [2.45, 2.75) is 26.3 Å². The number of benzene rings is 1. The van der Waals surface area contributed by atoms with Crippen molar-refractivity contribution in [3.8, 4) is 5.75 Å². The number of carbonyl (C=O) groups excluding carboxylic acids is 1. The van der Waals surface area contributed by atoms with E-state index in [-0.39, 0.29) is 29.6 Å². The molecule has 2 aromatic rings. The minimum absolute atomic E-state index is 0.167. The molecule has 2 rings (SSSR count). The molecule has 1 unspecified atom stereocenters. The molecule has 26 heavy (non-hydrogen) atoms. The molecule has 1 N–H and O–H groups in total. The van der Waals surface area contributed by atoms with E-state index in [1.54, 1.807) is 36.3 Å². The average Bonchev–Trinajstić information content (AvgIpc) is 3.03. The summed E-state index contributed by atoms with van der Waals surface area (Å²) in [5.74, 6) is 0.880. The van der Waals surface area contributed by atoms with Crippen LogP contribution in [0.2, 0.25) is 0 Å². The summed E-state index contributed by atoms with van der Waals surface area (Å²) in [7, 11) is 3.64. The first-order valence-electron chi connectivity index (χ1n) is 8.76. The number of imidazole rings is 1. The van der Waals surface area contributed by atoms with Crippen LogP contribution in [0.15, 0.2) is 36.7 Å². The summed E-state index contributed by atoms with van der Waals surface area (Å²) in [4.78, 5) is 18.4. The van der Waals surface area contributed by atoms with Crippen LogP contribution in [0.1, 0.15) is 32.1 Å². The molecule has 1 atom stereocenters. The Kier molecular flexibility index (Phi) is 7.00. The number of hydrogen-bond donors (Lipinski definition) is 1. The fourth-order valence-corrected chi connectivity index (χ4v) is 2.60. The first-order valence-corrected chi connectivity index (χ1v) is 8.76. The Morgan fingerprint density at radius 3 is 2.73 bits per heavy atom. The van der Waals surface area contributed by atoms with Gasteiger partial charge in [-0.1, -0.05) is 26.0 Å². The molecular formula is C19H27FN4O2. The minimum atomic E-state index is -0.381. The Morgan fingerprint density at radius 1 is 1.38 bits per heavy atom. The Bertz CT molecular complexity index is 717. The van der Waals surface area contributed by atoms with Gasteiger partial charge in [0.2, 0.25) is 0 Å². The third kappa shape index (κ3) is 5.21. The van der Waals surface area contributed by atoms with Gasteiger partial charge in [-0.2, -0.15) is 0 Å². The second kappa shape index (κ2) is 9.22. The number of urea groups is 1. The zero-order chi connectivity index (χ0) is 19.1. The van der Waals surface area contributed by atoms with E-state index < -0.39 is 0 Å². The standard InChI is InChI=1S/C19H27FN4O2/c1-14(2)17(18-21-10-12-23(18)3)22-19(25)24(4)11-7-13-26-16-9-6-5-8-15(16)20/h5-6,8-10,12,14,17H,7,11,13H2,1-4H3,(H,22,25). The van der Waals surface area contributed by atoms with Crippen LogP contribution in [0, 0.1) is 11.7 Å². The van der Waals surface area contributed by atoms with E-state index >= 15 is 0 Å². The van der Waals surface area contributed by atoms with Gasteiger partial charge >= 0.3 is 6.03 Å². The number of nitrogens with one attached hydrogen (secondary N) is 1. The zero-order valence-electron chi connectivity index (χ0n) is 15.8. The van der Waals surface area contributed by atoms with Gasteiger partial charge in [0, 0.05) is 33.0 Å². The predicted molar refractivity (Wildman–Crippen MR) is 98.5 cm³/mol. The third-order valence-electron chi connectivity index (χ3n) is 4.16. The average molecular weight is 362 g/mol. The highest BCUT2D eigenvalue weighted by Gasteiger charge is 2.23. The van der Waals surface area contributed by atoms with Gasteiger partial charge in [0.1, 0.15) is 5.82 Å². The molecule has 0 spiro atoms. The van der Waals surface area contributed by atoms with E-state index in [2.05, 4.69) is 10.3 Å². The summed E-state index contributed by atoms with van der Waals surface area (Å²) < 4.78 is 20.8. The van der Waals surface area contributed by atoms with Crippen molar-refractivity contribution >= 4 is 6.03 Å². The molecule has 0 saturated heterocycles. The van der Waals surface area contributed by atoms with Gasteiger partial charge in [-0.25, -0.2) is 14.2 Å². The monoisotopic (exact) mass is 362 g/mol. The molecule has 0 radical (unpaired) electrons. The molecule has 0 bridgehead atoms. The van der Waals surface area contributed by atoms with Crippen molar-refractivity contribution in [2.75, 3.05) is 20.2 Å². The smallest absolute Gasteiger partial charge is 0.317 e. The number of aryl methyl sites for hydroxylation is 1. The van der Waals surface area contributed by atoms with E-state index in [1.165, 1.54) is 6.07 Å². The Hall–Kier alpha value is -2.57. The zero-order valence-corrected chi connectivity index (χ0v) is 15.8. The summed E-state index contributed by atoms with van der Waals surface area (Å²) >= 11 is 0. The quantitative estimate of drug-likeness (QED) is 0.733. The number of halogens is 1. The Balaban J connectivity index is 1.81. The fourth-order valence-electron chi connectivity index (χ4n) is 2.60. The first kappa shape index (κ1) is 19.8. The number of aromatic nitrogens is 2. The lowest BCUT2D eigenvalue weighted by Crippen LogP contribution is -2.42. The molecule has 1 heterocycles. The first-order chi connectivity index (χ1) is 12.4. The van der Waals surface area contributed by atoms with Gasteiger partial charge in [-0.3, -0.25) is 0 Å². The maximum atomic E-state index is 13.5. The molecule has 1 aromatic heterocycles. The highest BCUT2D eigenvalue weighted by atomic mass is 19.1. The maximum Gasteiger partial charge on any atom is 0.317 e. The van der Waals surface area contributed by atoms with Gasteiger partial charge in [0.05, 0.1) is 12.6 Å². The topological polar surface area (TPSA) is 59.4 Å². The lowest BCUT2D eigenvalue weighted by Gasteiger charge is -2.26. The third-order valence-corrected chi connectivity index (χ3v) is 4.16. The summed E-state index contributed by atoms with van der Waals surface area (Å²) in [6, 6.07) is 5.95. The van der Waals surface area contributed by atoms with Crippen molar-refractivity contribution in [3.05, 3.63) is 48.3 Å². The van der Waals surface area contributed by atoms with E-state index in [0.717, 1.165) is 5.82 Å². The maximum absolute atomic E-state index is 13.5. The molecule has 0 aliphatic heterocycles. The highest BCUT2D eigenvalue weighted by Crippen LogP contribution is 2.20. The summed E-state index contributed by atoms with van der Waals surface area (Å²) in [6.07, 6.45) is 4.19. The number of hydrogen-bond acceptors (Lipinski definition) is 3.